The molecule has 0 aliphatic heterocycles. The first kappa shape index (κ1) is 9.12. The maximum Gasteiger partial charge on any atom is 0.307 e. The monoisotopic (exact) mass is 189 g/mol. The van der Waals surface area contributed by atoms with Crippen LogP contribution in [0.25, 0.3) is 0 Å². The average molecular weight is 189 g/mol. The van der Waals surface area contributed by atoms with Gasteiger partial charge >= 0.3 is 5.97 Å². The smallest absolute Gasteiger partial charge is 0.307 e. The number of aromatic nitrogens is 1. The van der Waals surface area contributed by atoms with Crippen LogP contribution in [0.1, 0.15) is 19.0 Å². The molecular weight excluding hydrogens is 181 g/mol. The maximum absolute atomic E-state index is 13.5. The summed E-state index contributed by atoms with van der Waals surface area (Å²) in [6, 6.07) is 0. The minimum Gasteiger partial charge on any atom is -0.481 e. The van der Waals surface area contributed by atoms with Crippen LogP contribution in [0.2, 0.25) is 0 Å². The fourth-order valence-corrected chi connectivity index (χ4v) is 1.52. The zero-order valence-corrected chi connectivity index (χ0v) is 7.27. The average Bonchev–Trinajstić information content (AvgIpc) is 2.32. The molecule has 1 aromatic heterocycles. The summed E-state index contributed by atoms with van der Waals surface area (Å²) in [5.41, 5.74) is -0.184. The third-order valence-electron chi connectivity index (χ3n) is 1.45. The predicted octanol–water partition coefficient (Wildman–Crippen LogP) is 1.80. The predicted molar refractivity (Wildman–Crippen MR) is 42.8 cm³/mol. The molecule has 0 aliphatic carbocycles. The zero-order valence-electron chi connectivity index (χ0n) is 6.45. The number of rotatable bonds is 3. The second-order valence-corrected chi connectivity index (χ2v) is 3.36. The van der Waals surface area contributed by atoms with Crippen molar-refractivity contribution in [3.63, 3.8) is 0 Å². The van der Waals surface area contributed by atoms with Crippen LogP contribution in [-0.4, -0.2) is 16.1 Å². The van der Waals surface area contributed by atoms with Crippen molar-refractivity contribution in [2.45, 2.75) is 19.0 Å². The highest BCUT2D eigenvalue weighted by Gasteiger charge is 2.30. The van der Waals surface area contributed by atoms with E-state index in [1.54, 1.807) is 0 Å². The zero-order chi connectivity index (χ0) is 9.19. The lowest BCUT2D eigenvalue weighted by molar-refractivity contribution is -0.140. The molecule has 0 saturated heterocycles. The molecule has 0 radical (unpaired) electrons. The number of aliphatic carboxylic acids is 1. The highest BCUT2D eigenvalue weighted by atomic mass is 32.1. The maximum atomic E-state index is 13.5. The molecular formula is C7H8FNO2S. The summed E-state index contributed by atoms with van der Waals surface area (Å²) in [4.78, 5) is 14.0. The Bertz CT molecular complexity index is 271. The Morgan fingerprint density at radius 1 is 1.92 bits per heavy atom. The topological polar surface area (TPSA) is 50.2 Å². The normalized spacial score (nSPS) is 15.5. The lowest BCUT2D eigenvalue weighted by atomic mass is 10.0. The van der Waals surface area contributed by atoms with E-state index in [-0.39, 0.29) is 5.69 Å². The molecule has 0 fully saturated rings. The number of alkyl halides is 1. The molecule has 1 atom stereocenters. The molecule has 1 unspecified atom stereocenters. The lowest BCUT2D eigenvalue weighted by Gasteiger charge is -2.14. The van der Waals surface area contributed by atoms with E-state index >= 15 is 0 Å². The van der Waals surface area contributed by atoms with Crippen LogP contribution in [0.5, 0.6) is 0 Å². The van der Waals surface area contributed by atoms with Crippen molar-refractivity contribution in [1.29, 1.82) is 0 Å². The van der Waals surface area contributed by atoms with E-state index < -0.39 is 18.1 Å². The van der Waals surface area contributed by atoms with E-state index in [0.717, 1.165) is 0 Å². The molecule has 1 N–H and O–H groups in total. The molecule has 1 heterocycles. The SMILES string of the molecule is CC(F)(CC(=O)O)c1cscn1. The molecule has 5 heteroatoms. The lowest BCUT2D eigenvalue weighted by Crippen LogP contribution is -2.20. The number of hydrogen-bond donors (Lipinski definition) is 1. The Morgan fingerprint density at radius 2 is 2.58 bits per heavy atom. The van der Waals surface area contributed by atoms with Gasteiger partial charge in [0.05, 0.1) is 17.6 Å². The van der Waals surface area contributed by atoms with Gasteiger partial charge in [-0.2, -0.15) is 0 Å². The van der Waals surface area contributed by atoms with Crippen molar-refractivity contribution in [3.05, 3.63) is 16.6 Å². The van der Waals surface area contributed by atoms with E-state index in [4.69, 9.17) is 5.11 Å². The molecule has 1 aromatic rings. The molecule has 0 aliphatic rings. The Hall–Kier alpha value is -0.970. The first-order valence-corrected chi connectivity index (χ1v) is 4.26. The van der Waals surface area contributed by atoms with Crippen molar-refractivity contribution in [2.24, 2.45) is 0 Å². The molecule has 0 amide bonds. The second kappa shape index (κ2) is 3.18. The van der Waals surface area contributed by atoms with Crippen molar-refractivity contribution in [1.82, 2.24) is 4.98 Å². The highest BCUT2D eigenvalue weighted by molar-refractivity contribution is 7.07. The number of carboxylic acid groups (broad SMARTS) is 1. The summed E-state index contributed by atoms with van der Waals surface area (Å²) in [7, 11) is 0. The molecule has 12 heavy (non-hydrogen) atoms. The number of halogens is 1. The van der Waals surface area contributed by atoms with E-state index in [9.17, 15) is 9.18 Å². The number of carbonyl (C=O) groups is 1. The third-order valence-corrected chi connectivity index (χ3v) is 2.04. The summed E-state index contributed by atoms with van der Waals surface area (Å²) < 4.78 is 13.5. The van der Waals surface area contributed by atoms with E-state index in [2.05, 4.69) is 4.98 Å². The second-order valence-electron chi connectivity index (χ2n) is 2.64. The summed E-state index contributed by atoms with van der Waals surface area (Å²) in [5.74, 6) is -1.16. The number of carboxylic acids is 1. The molecule has 0 aromatic carbocycles. The summed E-state index contributed by atoms with van der Waals surface area (Å²) in [6.07, 6.45) is -0.545. The van der Waals surface area contributed by atoms with Crippen molar-refractivity contribution in [2.75, 3.05) is 0 Å². The van der Waals surface area contributed by atoms with Gasteiger partial charge in [-0.05, 0) is 6.92 Å². The largest absolute Gasteiger partial charge is 0.481 e. The number of thiazole rings is 1. The number of nitrogens with zero attached hydrogens (tertiary/aromatic N) is 1. The van der Waals surface area contributed by atoms with Crippen LogP contribution in [0.15, 0.2) is 10.9 Å². The minimum absolute atomic E-state index is 0.190. The van der Waals surface area contributed by atoms with Crippen molar-refractivity contribution >= 4 is 17.3 Å². The van der Waals surface area contributed by atoms with Gasteiger partial charge in [0.15, 0.2) is 5.67 Å². The fourth-order valence-electron chi connectivity index (χ4n) is 0.845. The van der Waals surface area contributed by atoms with Crippen LogP contribution >= 0.6 is 11.3 Å². The van der Waals surface area contributed by atoms with Gasteiger partial charge in [0.1, 0.15) is 0 Å². The van der Waals surface area contributed by atoms with E-state index in [1.165, 1.54) is 29.2 Å². The minimum atomic E-state index is -1.86. The summed E-state index contributed by atoms with van der Waals surface area (Å²) in [5, 5.41) is 9.90. The van der Waals surface area contributed by atoms with Gasteiger partial charge in [0, 0.05) is 5.38 Å². The van der Waals surface area contributed by atoms with Crippen molar-refractivity contribution in [3.8, 4) is 0 Å². The first-order chi connectivity index (χ1) is 5.52. The molecule has 1 rings (SSSR count). The van der Waals surface area contributed by atoms with E-state index in [1.807, 2.05) is 0 Å². The first-order valence-electron chi connectivity index (χ1n) is 3.32. The van der Waals surface area contributed by atoms with Crippen molar-refractivity contribution < 1.29 is 14.3 Å². The van der Waals surface area contributed by atoms with Gasteiger partial charge < -0.3 is 5.11 Å². The van der Waals surface area contributed by atoms with Gasteiger partial charge in [0.25, 0.3) is 0 Å². The Kier molecular flexibility index (Phi) is 2.42. The van der Waals surface area contributed by atoms with Crippen LogP contribution in [0, 0.1) is 0 Å². The van der Waals surface area contributed by atoms with Crippen LogP contribution in [-0.2, 0) is 10.5 Å². The third kappa shape index (κ3) is 2.01. The van der Waals surface area contributed by atoms with Gasteiger partial charge in [-0.1, -0.05) is 0 Å². The molecule has 3 nitrogen and oxygen atoms in total. The van der Waals surface area contributed by atoms with Gasteiger partial charge in [-0.25, -0.2) is 9.37 Å². The fraction of sp³-hybridized carbons (Fsp3) is 0.429. The Balaban J connectivity index is 2.79. The summed E-state index contributed by atoms with van der Waals surface area (Å²) in [6.45, 7) is 1.22. The van der Waals surface area contributed by atoms with Crippen LogP contribution < -0.4 is 0 Å². The van der Waals surface area contributed by atoms with Crippen LogP contribution in [0.4, 0.5) is 4.39 Å². The molecule has 66 valence electrons. The standard InChI is InChI=1S/C7H8FNO2S/c1-7(8,2-6(10)11)5-3-12-4-9-5/h3-4H,2H2,1H3,(H,10,11). The molecule has 0 spiro atoms. The highest BCUT2D eigenvalue weighted by Crippen LogP contribution is 2.28. The molecule has 0 saturated carbocycles. The van der Waals surface area contributed by atoms with Gasteiger partial charge in [0.2, 0.25) is 0 Å². The van der Waals surface area contributed by atoms with Gasteiger partial charge in [-0.3, -0.25) is 4.79 Å². The Morgan fingerprint density at radius 3 is 3.00 bits per heavy atom. The van der Waals surface area contributed by atoms with E-state index in [0.29, 0.717) is 0 Å². The Labute approximate surface area is 72.9 Å². The molecule has 0 bridgehead atoms. The van der Waals surface area contributed by atoms with Gasteiger partial charge in [-0.15, -0.1) is 11.3 Å². The number of hydrogen-bond acceptors (Lipinski definition) is 3. The van der Waals surface area contributed by atoms with Crippen LogP contribution in [0.3, 0.4) is 0 Å². The summed E-state index contributed by atoms with van der Waals surface area (Å²) >= 11 is 1.25. The quantitative estimate of drug-likeness (QED) is 0.788.